The monoisotopic (exact) mass is 814 g/mol. The zero-order valence-electron chi connectivity index (χ0n) is 31.6. The number of rotatable bonds is 16. The molecule has 15 heteroatoms. The van der Waals surface area contributed by atoms with E-state index in [0.29, 0.717) is 38.4 Å². The van der Waals surface area contributed by atoms with Crippen molar-refractivity contribution in [2.45, 2.75) is 28.3 Å². The lowest BCUT2D eigenvalue weighted by Gasteiger charge is -2.40. The minimum absolute atomic E-state index is 0.0982. The number of carbonyl (C=O) groups excluding carboxylic acids is 1. The maximum Gasteiger partial charge on any atom is 0.293 e. The predicted molar refractivity (Wildman–Crippen MR) is 220 cm³/mol. The number of carbonyl (C=O) groups is 1. The van der Waals surface area contributed by atoms with E-state index >= 15 is 0 Å². The van der Waals surface area contributed by atoms with Gasteiger partial charge in [0.1, 0.15) is 17.3 Å². The highest BCUT2D eigenvalue weighted by atomic mass is 32.2. The molecule has 0 saturated carbocycles. The summed E-state index contributed by atoms with van der Waals surface area (Å²) in [5.41, 5.74) is 2.47. The van der Waals surface area contributed by atoms with Gasteiger partial charge in [-0.3, -0.25) is 19.8 Å². The predicted octanol–water partition coefficient (Wildman–Crippen LogP) is 7.43. The van der Waals surface area contributed by atoms with Gasteiger partial charge in [-0.05, 0) is 111 Å². The summed E-state index contributed by atoms with van der Waals surface area (Å²) in [5, 5.41) is 15.4. The molecule has 1 saturated heterocycles. The Labute approximate surface area is 335 Å². The molecule has 0 aliphatic carbocycles. The van der Waals surface area contributed by atoms with Crippen LogP contribution < -0.4 is 14.9 Å². The van der Waals surface area contributed by atoms with Crippen LogP contribution in [-0.4, -0.2) is 87.7 Å². The van der Waals surface area contributed by atoms with Crippen LogP contribution >= 0.6 is 11.8 Å². The zero-order chi connectivity index (χ0) is 40.5. The Bertz CT molecular complexity index is 2190. The molecule has 1 aliphatic heterocycles. The molecule has 6 rings (SSSR count). The number of hydrogen-bond donors (Lipinski definition) is 2. The number of anilines is 2. The fourth-order valence-corrected chi connectivity index (χ4v) is 8.69. The van der Waals surface area contributed by atoms with Crippen molar-refractivity contribution in [2.75, 3.05) is 62.8 Å². The quantitative estimate of drug-likeness (QED) is 0.0590. The molecule has 5 aromatic carbocycles. The molecule has 2 N–H and O–H groups in total. The van der Waals surface area contributed by atoms with Gasteiger partial charge in [0.15, 0.2) is 0 Å². The molecule has 0 aromatic heterocycles. The van der Waals surface area contributed by atoms with Crippen molar-refractivity contribution < 1.29 is 26.9 Å². The summed E-state index contributed by atoms with van der Waals surface area (Å²) < 4.78 is 56.3. The smallest absolute Gasteiger partial charge is 0.293 e. The number of benzene rings is 5. The third-order valence-electron chi connectivity index (χ3n) is 9.73. The van der Waals surface area contributed by atoms with E-state index in [-0.39, 0.29) is 35.0 Å². The second-order valence-corrected chi connectivity index (χ2v) is 16.8. The number of hydrogen-bond acceptors (Lipinski definition) is 10. The van der Waals surface area contributed by atoms with Crippen LogP contribution in [0, 0.1) is 21.7 Å². The topological polar surface area (TPSA) is 128 Å². The number of nitro benzene ring substituents is 1. The summed E-state index contributed by atoms with van der Waals surface area (Å²) in [6, 6.07) is 32.2. The molecule has 0 spiro atoms. The highest BCUT2D eigenvalue weighted by Crippen LogP contribution is 2.32. The minimum Gasteiger partial charge on any atom is -0.376 e. The van der Waals surface area contributed by atoms with E-state index in [0.717, 1.165) is 34.3 Å². The minimum atomic E-state index is -4.47. The van der Waals surface area contributed by atoms with E-state index in [9.17, 15) is 32.1 Å². The standard InChI is InChI=1S/C42H44F2N6O5S2/c1-47(2)23-22-35(29-56-37-6-4-3-5-7-37)45-39-21-20-38(28-40(39)50(52)53)57(54,55)46-42(51)32-12-18-36(19-13-32)48-24-26-49(27-25-48)41(30-8-14-33(43)15-9-30)31-10-16-34(44)17-11-31/h3-21,28,35,41,45H,22-27,29H2,1-2H3,(H,46,51). The second-order valence-electron chi connectivity index (χ2n) is 14.0. The highest BCUT2D eigenvalue weighted by molar-refractivity contribution is 7.99. The van der Waals surface area contributed by atoms with Crippen molar-refractivity contribution in [3.05, 3.63) is 160 Å². The van der Waals surface area contributed by atoms with E-state index in [1.165, 1.54) is 48.5 Å². The Morgan fingerprint density at radius 1 is 0.842 bits per heavy atom. The summed E-state index contributed by atoms with van der Waals surface area (Å²) in [7, 11) is -0.582. The van der Waals surface area contributed by atoms with Gasteiger partial charge in [0.25, 0.3) is 21.6 Å². The van der Waals surface area contributed by atoms with Crippen molar-refractivity contribution in [3.63, 3.8) is 0 Å². The van der Waals surface area contributed by atoms with Crippen molar-refractivity contribution in [3.8, 4) is 0 Å². The van der Waals surface area contributed by atoms with Crippen molar-refractivity contribution in [2.24, 2.45) is 0 Å². The molecule has 1 amide bonds. The van der Waals surface area contributed by atoms with Crippen LogP contribution in [0.3, 0.4) is 0 Å². The van der Waals surface area contributed by atoms with Crippen molar-refractivity contribution >= 4 is 44.8 Å². The largest absolute Gasteiger partial charge is 0.376 e. The van der Waals surface area contributed by atoms with Gasteiger partial charge >= 0.3 is 0 Å². The summed E-state index contributed by atoms with van der Waals surface area (Å²) in [6.45, 7) is 3.28. The molecule has 11 nitrogen and oxygen atoms in total. The Morgan fingerprint density at radius 3 is 2.00 bits per heavy atom. The van der Waals surface area contributed by atoms with E-state index in [2.05, 4.69) is 19.8 Å². The van der Waals surface area contributed by atoms with Crippen LogP contribution in [0.25, 0.3) is 0 Å². The number of nitrogens with zero attached hydrogens (tertiary/aromatic N) is 4. The van der Waals surface area contributed by atoms with E-state index in [1.807, 2.05) is 49.3 Å². The number of sulfonamides is 1. The zero-order valence-corrected chi connectivity index (χ0v) is 33.2. The third kappa shape index (κ3) is 10.9. The number of piperazine rings is 1. The van der Waals surface area contributed by atoms with Crippen LogP contribution in [0.2, 0.25) is 0 Å². The summed E-state index contributed by atoms with van der Waals surface area (Å²) in [5.74, 6) is -0.928. The molecule has 57 heavy (non-hydrogen) atoms. The number of thioether (sulfide) groups is 1. The number of amides is 1. The van der Waals surface area contributed by atoms with Crippen molar-refractivity contribution in [1.29, 1.82) is 0 Å². The van der Waals surface area contributed by atoms with E-state index in [1.54, 1.807) is 48.2 Å². The molecule has 1 unspecified atom stereocenters. The third-order valence-corrected chi connectivity index (χ3v) is 12.2. The number of nitro groups is 1. The first-order valence-corrected chi connectivity index (χ1v) is 20.9. The normalized spacial score (nSPS) is 14.1. The molecule has 1 aliphatic rings. The first-order chi connectivity index (χ1) is 27.4. The Kier molecular flexibility index (Phi) is 13.6. The summed E-state index contributed by atoms with van der Waals surface area (Å²) in [4.78, 5) is 31.8. The maximum absolute atomic E-state index is 13.8. The lowest BCUT2D eigenvalue weighted by atomic mass is 9.96. The second kappa shape index (κ2) is 18.7. The van der Waals surface area contributed by atoms with Crippen molar-refractivity contribution in [1.82, 2.24) is 14.5 Å². The van der Waals surface area contributed by atoms with Gasteiger partial charge in [0.05, 0.1) is 15.9 Å². The van der Waals surface area contributed by atoms with E-state index in [4.69, 9.17) is 0 Å². The fraction of sp³-hybridized carbons (Fsp3) is 0.262. The number of halogens is 2. The molecule has 1 fully saturated rings. The first-order valence-electron chi connectivity index (χ1n) is 18.4. The molecule has 1 atom stereocenters. The van der Waals surface area contributed by atoms with Crippen LogP contribution in [-0.2, 0) is 10.0 Å². The van der Waals surface area contributed by atoms with Gasteiger partial charge in [0.2, 0.25) is 0 Å². The molecule has 0 bridgehead atoms. The van der Waals surface area contributed by atoms with E-state index < -0.39 is 31.4 Å². The highest BCUT2D eigenvalue weighted by Gasteiger charge is 2.28. The fourth-order valence-electron chi connectivity index (χ4n) is 6.70. The Morgan fingerprint density at radius 2 is 1.44 bits per heavy atom. The maximum atomic E-state index is 13.8. The summed E-state index contributed by atoms with van der Waals surface area (Å²) in [6.07, 6.45) is 0.685. The molecule has 5 aromatic rings. The van der Waals surface area contributed by atoms with Gasteiger partial charge in [0, 0.05) is 60.2 Å². The van der Waals surface area contributed by atoms with Crippen LogP contribution in [0.5, 0.6) is 0 Å². The average molecular weight is 815 g/mol. The molecular weight excluding hydrogens is 771 g/mol. The van der Waals surface area contributed by atoms with Crippen LogP contribution in [0.15, 0.2) is 131 Å². The van der Waals surface area contributed by atoms with Crippen LogP contribution in [0.4, 0.5) is 25.8 Å². The number of nitrogens with one attached hydrogen (secondary N) is 2. The Balaban J connectivity index is 1.09. The molecular formula is C42H44F2N6O5S2. The molecule has 1 heterocycles. The molecule has 0 radical (unpaired) electrons. The SMILES string of the molecule is CN(C)CCC(CSc1ccccc1)Nc1ccc(S(=O)(=O)NC(=O)c2ccc(N3CCN(C(c4ccc(F)cc4)c4ccc(F)cc4)CC3)cc2)cc1[N+](=O)[O-]. The average Bonchev–Trinajstić information content (AvgIpc) is 3.21. The van der Waals surface area contributed by atoms with Crippen LogP contribution in [0.1, 0.15) is 33.9 Å². The summed E-state index contributed by atoms with van der Waals surface area (Å²) >= 11 is 1.62. The van der Waals surface area contributed by atoms with Gasteiger partial charge in [-0.15, -0.1) is 11.8 Å². The van der Waals surface area contributed by atoms with Gasteiger partial charge < -0.3 is 15.1 Å². The first kappa shape index (κ1) is 41.3. The van der Waals surface area contributed by atoms with Gasteiger partial charge in [-0.1, -0.05) is 42.5 Å². The molecule has 298 valence electrons. The van der Waals surface area contributed by atoms with Gasteiger partial charge in [-0.25, -0.2) is 21.9 Å². The van der Waals surface area contributed by atoms with Gasteiger partial charge in [-0.2, -0.15) is 0 Å². The lowest BCUT2D eigenvalue weighted by Crippen LogP contribution is -2.48. The Hall–Kier alpha value is -5.35. The lowest BCUT2D eigenvalue weighted by molar-refractivity contribution is -0.384.